The first kappa shape index (κ1) is 15.6. The number of ether oxygens (including phenoxy) is 1. The molecule has 2 aromatic rings. The first-order valence-electron chi connectivity index (χ1n) is 14.3. The number of hydrogen-bond acceptors (Lipinski definition) is 6. The Morgan fingerprint density at radius 1 is 1.24 bits per heavy atom. The minimum absolute atomic E-state index is 0.0285. The number of benzene rings is 2. The summed E-state index contributed by atoms with van der Waals surface area (Å²) in [5.41, 5.74) is 0.438. The Bertz CT molecular complexity index is 1440. The van der Waals surface area contributed by atoms with Gasteiger partial charge in [0.25, 0.3) is 5.91 Å². The number of rotatable bonds is 6. The van der Waals surface area contributed by atoms with Crippen molar-refractivity contribution in [2.75, 3.05) is 31.6 Å². The molecule has 0 radical (unpaired) electrons. The lowest BCUT2D eigenvalue weighted by molar-refractivity contribution is -0.136. The topological polar surface area (TPSA) is 91.0 Å². The lowest BCUT2D eigenvalue weighted by Gasteiger charge is -2.29. The van der Waals surface area contributed by atoms with Crippen molar-refractivity contribution in [1.82, 2.24) is 15.1 Å². The van der Waals surface area contributed by atoms with E-state index in [4.69, 9.17) is 14.3 Å². The minimum atomic E-state index is -3.44. The third-order valence-electron chi connectivity index (χ3n) is 5.85. The molecular weight excluding hydrogens is 439 g/mol. The maximum atomic E-state index is 14.9. The van der Waals surface area contributed by atoms with Gasteiger partial charge >= 0.3 is 0 Å². The summed E-state index contributed by atoms with van der Waals surface area (Å²) >= 11 is 0. The zero-order valence-corrected chi connectivity index (χ0v) is 18.1. The molecule has 2 fully saturated rings. The number of carbonyl (C=O) groups is 3. The van der Waals surface area contributed by atoms with Crippen LogP contribution in [0.1, 0.15) is 49.4 Å². The van der Waals surface area contributed by atoms with Gasteiger partial charge in [-0.1, -0.05) is 12.1 Å². The number of nitrogens with zero attached hydrogens (tertiary/aromatic N) is 2. The lowest BCUT2D eigenvalue weighted by Crippen LogP contribution is -2.52. The fourth-order valence-corrected chi connectivity index (χ4v) is 4.11. The second-order valence-corrected chi connectivity index (χ2v) is 8.06. The van der Waals surface area contributed by atoms with Gasteiger partial charge in [0, 0.05) is 66.9 Å². The molecule has 2 saturated heterocycles. The molecule has 3 aliphatic rings. The smallest absolute Gasteiger partial charge is 0.255 e. The first-order chi connectivity index (χ1) is 19.1. The van der Waals surface area contributed by atoms with Crippen molar-refractivity contribution in [2.45, 2.75) is 38.4 Å². The zero-order chi connectivity index (χ0) is 30.0. The maximum absolute atomic E-state index is 14.9. The largest absolute Gasteiger partial charge is 0.381 e. The second kappa shape index (κ2) is 9.52. The van der Waals surface area contributed by atoms with Crippen molar-refractivity contribution in [1.29, 1.82) is 0 Å². The predicted octanol–water partition coefficient (Wildman–Crippen LogP) is 2.03. The Balaban J connectivity index is 1.45. The van der Waals surface area contributed by atoms with Crippen LogP contribution in [0.4, 0.5) is 10.1 Å². The highest BCUT2D eigenvalue weighted by Gasteiger charge is 2.39. The Morgan fingerprint density at radius 3 is 2.88 bits per heavy atom. The van der Waals surface area contributed by atoms with E-state index in [2.05, 4.69) is 10.2 Å². The van der Waals surface area contributed by atoms with Crippen molar-refractivity contribution < 1.29 is 33.1 Å². The van der Waals surface area contributed by atoms with Gasteiger partial charge in [-0.05, 0) is 36.2 Å². The van der Waals surface area contributed by atoms with Gasteiger partial charge in [0.2, 0.25) is 11.8 Å². The number of fused-ring (bicyclic) bond motifs is 1. The molecule has 0 saturated carbocycles. The summed E-state index contributed by atoms with van der Waals surface area (Å²) in [5, 5.41) is 4.27. The van der Waals surface area contributed by atoms with Crippen LogP contribution in [0.2, 0.25) is 0 Å². The third-order valence-corrected chi connectivity index (χ3v) is 5.85. The maximum Gasteiger partial charge on any atom is 0.255 e. The van der Waals surface area contributed by atoms with Crippen molar-refractivity contribution in [3.8, 4) is 0 Å². The van der Waals surface area contributed by atoms with Crippen LogP contribution in [0, 0.1) is 5.82 Å². The molecule has 34 heavy (non-hydrogen) atoms. The van der Waals surface area contributed by atoms with E-state index in [1.165, 1.54) is 30.3 Å². The van der Waals surface area contributed by atoms with E-state index in [1.54, 1.807) is 11.4 Å². The van der Waals surface area contributed by atoms with E-state index in [-0.39, 0.29) is 22.4 Å². The highest BCUT2D eigenvalue weighted by molar-refractivity contribution is 6.06. The van der Waals surface area contributed by atoms with Gasteiger partial charge in [0.05, 0.1) is 17.3 Å². The highest BCUT2D eigenvalue weighted by Crippen LogP contribution is 2.32. The van der Waals surface area contributed by atoms with Gasteiger partial charge in [-0.25, -0.2) is 4.39 Å². The van der Waals surface area contributed by atoms with Gasteiger partial charge < -0.3 is 15.0 Å². The number of amides is 3. The number of hydrogen-bond donors (Lipinski definition) is 2. The molecule has 8 nitrogen and oxygen atoms in total. The van der Waals surface area contributed by atoms with E-state index in [0.29, 0.717) is 43.3 Å². The van der Waals surface area contributed by atoms with E-state index in [0.717, 1.165) is 0 Å². The Hall–Kier alpha value is -3.30. The average molecular weight is 474 g/mol. The zero-order valence-electron chi connectivity index (χ0n) is 25.1. The number of nitrogens with one attached hydrogen (secondary N) is 2. The molecule has 0 aliphatic carbocycles. The monoisotopic (exact) mass is 473 g/mol. The van der Waals surface area contributed by atoms with Gasteiger partial charge in [0.15, 0.2) is 0 Å². The van der Waals surface area contributed by atoms with Gasteiger partial charge in [-0.2, -0.15) is 0 Å². The summed E-state index contributed by atoms with van der Waals surface area (Å²) in [7, 11) is 0. The number of anilines is 1. The molecule has 0 spiro atoms. The third kappa shape index (κ3) is 4.53. The summed E-state index contributed by atoms with van der Waals surface area (Å²) in [5.74, 6) is -4.86. The molecule has 0 bridgehead atoms. The normalized spacial score (nSPS) is 29.5. The van der Waals surface area contributed by atoms with E-state index in [9.17, 15) is 18.8 Å². The Morgan fingerprint density at radius 2 is 2.06 bits per heavy atom. The fraction of sp³-hybridized carbons (Fsp3) is 0.400. The summed E-state index contributed by atoms with van der Waals surface area (Å²) in [4.78, 5) is 40.8. The predicted molar refractivity (Wildman–Crippen MR) is 122 cm³/mol. The van der Waals surface area contributed by atoms with Crippen molar-refractivity contribution >= 4 is 23.4 Å². The Labute approximate surface area is 206 Å². The summed E-state index contributed by atoms with van der Waals surface area (Å²) in [6.07, 6.45) is -6.76. The number of carbonyl (C=O) groups excluding carboxylic acids is 3. The number of halogens is 1. The second-order valence-electron chi connectivity index (χ2n) is 8.06. The molecule has 178 valence electrons. The van der Waals surface area contributed by atoms with E-state index < -0.39 is 55.3 Å². The van der Waals surface area contributed by atoms with Crippen LogP contribution >= 0.6 is 0 Å². The minimum Gasteiger partial charge on any atom is -0.381 e. The van der Waals surface area contributed by atoms with Crippen LogP contribution in [-0.2, 0) is 33.9 Å². The number of imide groups is 1. The van der Waals surface area contributed by atoms with Crippen molar-refractivity contribution in [3.05, 3.63) is 64.5 Å². The molecule has 5 rings (SSSR count). The van der Waals surface area contributed by atoms with Crippen LogP contribution in [0.5, 0.6) is 0 Å². The highest BCUT2D eigenvalue weighted by atomic mass is 19.1. The molecule has 3 aliphatic heterocycles. The summed E-state index contributed by atoms with van der Waals surface area (Å²) in [6.45, 7) is -0.111. The SMILES string of the molecule is [2H]C([2H])(Nc1cccc2c1CN(C1([2H])C(=O)NC(=O)C([2H])([2H])C1([2H])[2H])C2=O)c1cc(CN2CCOCC2)ccc1F. The Kier molecular flexibility index (Phi) is 4.36. The van der Waals surface area contributed by atoms with Crippen LogP contribution in [0.15, 0.2) is 36.4 Å². The van der Waals surface area contributed by atoms with Crippen molar-refractivity contribution in [2.24, 2.45) is 0 Å². The molecule has 3 heterocycles. The van der Waals surface area contributed by atoms with Gasteiger partial charge in [-0.15, -0.1) is 0 Å². The number of morpholine rings is 1. The standard InChI is InChI=1S/C25H27FN4O4/c26-20-5-4-16(14-29-8-10-34-11-9-29)12-17(20)13-27-21-3-1-2-18-19(21)15-30(25(18)33)22-6-7-23(31)28-24(22)32/h1-5,12,22,27H,6-11,13-15H2,(H,28,31,32)/i6D2,7D2,13D2,22D. The average Bonchev–Trinajstić information content (AvgIpc) is 3.26. The molecule has 1 atom stereocenters. The molecular formula is C25H27FN4O4. The van der Waals surface area contributed by atoms with Crippen LogP contribution < -0.4 is 10.6 Å². The summed E-state index contributed by atoms with van der Waals surface area (Å²) < 4.78 is 78.6. The molecule has 0 aromatic heterocycles. The van der Waals surface area contributed by atoms with Crippen molar-refractivity contribution in [3.63, 3.8) is 0 Å². The number of piperidine rings is 1. The first-order valence-corrected chi connectivity index (χ1v) is 10.8. The lowest BCUT2D eigenvalue weighted by atomic mass is 10.0. The van der Waals surface area contributed by atoms with Crippen LogP contribution in [0.25, 0.3) is 0 Å². The van der Waals surface area contributed by atoms with Gasteiger partial charge in [0.1, 0.15) is 11.8 Å². The fourth-order valence-electron chi connectivity index (χ4n) is 4.11. The molecule has 9 heteroatoms. The molecule has 1 unspecified atom stereocenters. The van der Waals surface area contributed by atoms with E-state index >= 15 is 0 Å². The van der Waals surface area contributed by atoms with E-state index in [1.807, 2.05) is 0 Å². The molecule has 2 aromatic carbocycles. The summed E-state index contributed by atoms with van der Waals surface area (Å²) in [6, 6.07) is 5.14. The quantitative estimate of drug-likeness (QED) is 0.624. The molecule has 3 amide bonds. The van der Waals surface area contributed by atoms with Crippen LogP contribution in [-0.4, -0.2) is 59.8 Å². The molecule has 2 N–H and O–H groups in total. The van der Waals surface area contributed by atoms with Gasteiger partial charge in [-0.3, -0.25) is 24.6 Å². The van der Waals surface area contributed by atoms with Crippen LogP contribution in [0.3, 0.4) is 0 Å².